The lowest BCUT2D eigenvalue weighted by atomic mass is 9.92. The van der Waals surface area contributed by atoms with Crippen LogP contribution in [-0.2, 0) is 10.2 Å². The van der Waals surface area contributed by atoms with Crippen molar-refractivity contribution in [2.24, 2.45) is 0 Å². The first kappa shape index (κ1) is 22.5. The Morgan fingerprint density at radius 1 is 1.12 bits per heavy atom. The summed E-state index contributed by atoms with van der Waals surface area (Å²) in [5.74, 6) is 0.320. The lowest BCUT2D eigenvalue weighted by Gasteiger charge is -2.35. The molecule has 0 saturated carbocycles. The van der Waals surface area contributed by atoms with Gasteiger partial charge in [0.2, 0.25) is 11.9 Å². The Morgan fingerprint density at radius 2 is 1.88 bits per heavy atom. The topological polar surface area (TPSA) is 102 Å². The Hall–Kier alpha value is -3.69. The number of H-pyrrole nitrogens is 1. The van der Waals surface area contributed by atoms with Crippen LogP contribution in [0, 0.1) is 5.82 Å². The van der Waals surface area contributed by atoms with E-state index in [-0.39, 0.29) is 23.1 Å². The van der Waals surface area contributed by atoms with Crippen LogP contribution in [0.4, 0.5) is 33.3 Å². The number of hydrogen-bond acceptors (Lipinski definition) is 7. The number of hydrogen-bond donors (Lipinski definition) is 3. The normalized spacial score (nSPS) is 14.3. The van der Waals surface area contributed by atoms with Gasteiger partial charge in [0.15, 0.2) is 17.5 Å². The maximum absolute atomic E-state index is 14.3. The van der Waals surface area contributed by atoms with Gasteiger partial charge in [0.1, 0.15) is 0 Å². The van der Waals surface area contributed by atoms with Crippen LogP contribution in [0.2, 0.25) is 0 Å². The van der Waals surface area contributed by atoms with Gasteiger partial charge < -0.3 is 20.4 Å². The van der Waals surface area contributed by atoms with Crippen LogP contribution < -0.4 is 15.5 Å². The number of carbonyl (C=O) groups excluding carboxylic acids is 1. The van der Waals surface area contributed by atoms with E-state index in [0.717, 1.165) is 36.4 Å². The zero-order valence-corrected chi connectivity index (χ0v) is 19.3. The van der Waals surface area contributed by atoms with E-state index in [1.165, 1.54) is 0 Å². The second-order valence-electron chi connectivity index (χ2n) is 9.10. The average molecular weight is 453 g/mol. The monoisotopic (exact) mass is 452 g/mol. The van der Waals surface area contributed by atoms with Gasteiger partial charge in [-0.05, 0) is 18.2 Å². The Balaban J connectivity index is 1.46. The minimum atomic E-state index is -0.571. The highest BCUT2D eigenvalue weighted by molar-refractivity contribution is 5.73. The maximum Gasteiger partial charge on any atom is 0.229 e. The molecule has 0 bridgehead atoms. The van der Waals surface area contributed by atoms with Crippen LogP contribution >= 0.6 is 0 Å². The summed E-state index contributed by atoms with van der Waals surface area (Å²) in [4.78, 5) is 24.0. The number of aromatic amines is 1. The summed E-state index contributed by atoms with van der Waals surface area (Å²) in [6, 6.07) is 9.70. The van der Waals surface area contributed by atoms with Crippen molar-refractivity contribution < 1.29 is 9.18 Å². The molecule has 3 heterocycles. The highest BCUT2D eigenvalue weighted by atomic mass is 19.1. The van der Waals surface area contributed by atoms with Crippen LogP contribution in [0.3, 0.4) is 0 Å². The molecular weight excluding hydrogens is 423 g/mol. The second kappa shape index (κ2) is 9.05. The van der Waals surface area contributed by atoms with Crippen molar-refractivity contribution >= 4 is 34.9 Å². The van der Waals surface area contributed by atoms with Gasteiger partial charge in [-0.1, -0.05) is 26.8 Å². The molecule has 1 aliphatic rings. The third kappa shape index (κ3) is 5.39. The molecule has 0 spiro atoms. The van der Waals surface area contributed by atoms with E-state index >= 15 is 0 Å². The molecule has 3 aromatic rings. The maximum atomic E-state index is 14.3. The number of benzene rings is 1. The van der Waals surface area contributed by atoms with Crippen LogP contribution in [-0.4, -0.2) is 57.2 Å². The Bertz CT molecular complexity index is 1130. The Morgan fingerprint density at radius 3 is 2.55 bits per heavy atom. The molecule has 1 aromatic carbocycles. The summed E-state index contributed by atoms with van der Waals surface area (Å²) >= 11 is 0. The summed E-state index contributed by atoms with van der Waals surface area (Å²) < 4.78 is 14.3. The second-order valence-corrected chi connectivity index (χ2v) is 9.10. The summed E-state index contributed by atoms with van der Waals surface area (Å²) in [5, 5.41) is 13.2. The number of rotatable bonds is 5. The zero-order chi connectivity index (χ0) is 23.6. The van der Waals surface area contributed by atoms with Crippen molar-refractivity contribution in [1.29, 1.82) is 0 Å². The minimum absolute atomic E-state index is 0.0379. The number of halogens is 1. The molecule has 10 heteroatoms. The third-order valence-electron chi connectivity index (χ3n) is 5.57. The fourth-order valence-electron chi connectivity index (χ4n) is 3.60. The van der Waals surface area contributed by atoms with Crippen molar-refractivity contribution in [3.8, 4) is 0 Å². The summed E-state index contributed by atoms with van der Waals surface area (Å²) in [5.41, 5.74) is 2.65. The lowest BCUT2D eigenvalue weighted by Crippen LogP contribution is -2.48. The first-order valence-corrected chi connectivity index (χ1v) is 10.9. The van der Waals surface area contributed by atoms with Crippen molar-refractivity contribution in [3.63, 3.8) is 0 Å². The number of carbonyl (C=O) groups is 1. The van der Waals surface area contributed by atoms with E-state index in [4.69, 9.17) is 0 Å². The molecule has 3 N–H and O–H groups in total. The predicted molar refractivity (Wildman–Crippen MR) is 127 cm³/mol. The fourth-order valence-corrected chi connectivity index (χ4v) is 3.60. The molecule has 33 heavy (non-hydrogen) atoms. The lowest BCUT2D eigenvalue weighted by molar-refractivity contribution is -0.129. The first-order valence-electron chi connectivity index (χ1n) is 10.9. The number of aromatic nitrogens is 4. The highest BCUT2D eigenvalue weighted by Crippen LogP contribution is 2.26. The van der Waals surface area contributed by atoms with Crippen LogP contribution in [0.1, 0.15) is 33.4 Å². The van der Waals surface area contributed by atoms with Crippen molar-refractivity contribution in [1.82, 2.24) is 25.1 Å². The number of nitrogens with one attached hydrogen (secondary N) is 3. The molecule has 4 rings (SSSR count). The van der Waals surface area contributed by atoms with Crippen molar-refractivity contribution in [2.75, 3.05) is 41.7 Å². The molecule has 0 unspecified atom stereocenters. The van der Waals surface area contributed by atoms with E-state index in [1.807, 2.05) is 35.2 Å². The molecule has 9 nitrogen and oxygen atoms in total. The number of anilines is 5. The molecule has 1 aliphatic heterocycles. The predicted octanol–water partition coefficient (Wildman–Crippen LogP) is 3.79. The van der Waals surface area contributed by atoms with Gasteiger partial charge >= 0.3 is 0 Å². The number of amides is 1. The molecule has 2 aromatic heterocycles. The average Bonchev–Trinajstić information content (AvgIpc) is 3.26. The van der Waals surface area contributed by atoms with Crippen LogP contribution in [0.5, 0.6) is 0 Å². The van der Waals surface area contributed by atoms with Gasteiger partial charge in [0.25, 0.3) is 0 Å². The SMILES string of the molecule is CC(=O)N1CCN(c2cccc(Nc3ncc(F)c(Nc4cc(C(C)(C)C)[nH]n4)n3)c2)CC1. The fraction of sp³-hybridized carbons (Fsp3) is 0.391. The van der Waals surface area contributed by atoms with E-state index < -0.39 is 5.82 Å². The van der Waals surface area contributed by atoms with Crippen molar-refractivity contribution in [2.45, 2.75) is 33.1 Å². The highest BCUT2D eigenvalue weighted by Gasteiger charge is 2.20. The van der Waals surface area contributed by atoms with Gasteiger partial charge in [0.05, 0.1) is 6.20 Å². The summed E-state index contributed by atoms with van der Waals surface area (Å²) in [6.07, 6.45) is 1.12. The van der Waals surface area contributed by atoms with Gasteiger partial charge in [-0.15, -0.1) is 0 Å². The minimum Gasteiger partial charge on any atom is -0.368 e. The third-order valence-corrected chi connectivity index (χ3v) is 5.57. The molecule has 1 amide bonds. The zero-order valence-electron chi connectivity index (χ0n) is 19.3. The molecular formula is C23H29FN8O. The summed E-state index contributed by atoms with van der Waals surface area (Å²) in [7, 11) is 0. The molecule has 0 atom stereocenters. The van der Waals surface area contributed by atoms with Crippen LogP contribution in [0.25, 0.3) is 0 Å². The van der Waals surface area contributed by atoms with Crippen molar-refractivity contribution in [3.05, 3.63) is 48.0 Å². The van der Waals surface area contributed by atoms with Gasteiger partial charge in [-0.3, -0.25) is 9.89 Å². The van der Waals surface area contributed by atoms with Gasteiger partial charge in [-0.25, -0.2) is 9.37 Å². The van der Waals surface area contributed by atoms with E-state index in [2.05, 4.69) is 56.5 Å². The van der Waals surface area contributed by atoms with Gasteiger partial charge in [-0.2, -0.15) is 10.1 Å². The molecule has 174 valence electrons. The first-order chi connectivity index (χ1) is 15.7. The smallest absolute Gasteiger partial charge is 0.229 e. The van der Waals surface area contributed by atoms with E-state index in [9.17, 15) is 9.18 Å². The van der Waals surface area contributed by atoms with Crippen LogP contribution in [0.15, 0.2) is 36.5 Å². The quantitative estimate of drug-likeness (QED) is 0.541. The Kier molecular flexibility index (Phi) is 6.17. The number of piperazine rings is 1. The Labute approximate surface area is 192 Å². The van der Waals surface area contributed by atoms with E-state index in [1.54, 1.807) is 6.92 Å². The summed E-state index contributed by atoms with van der Waals surface area (Å²) in [6.45, 7) is 10.7. The standard InChI is InChI=1S/C23H29FN8O/c1-15(33)31-8-10-32(11-9-31)17-7-5-6-16(12-17)26-22-25-14-18(24)21(28-22)27-20-13-19(29-30-20)23(2,3)4/h5-7,12-14H,8-11H2,1-4H3,(H3,25,26,27,28,29,30). The molecule has 1 saturated heterocycles. The number of nitrogens with zero attached hydrogens (tertiary/aromatic N) is 5. The molecule has 1 fully saturated rings. The molecule has 0 aliphatic carbocycles. The van der Waals surface area contributed by atoms with Gasteiger partial charge in [0, 0.05) is 61.7 Å². The molecule has 0 radical (unpaired) electrons. The largest absolute Gasteiger partial charge is 0.368 e. The van der Waals surface area contributed by atoms with E-state index in [0.29, 0.717) is 18.9 Å².